The second kappa shape index (κ2) is 5.61. The lowest BCUT2D eigenvalue weighted by atomic mass is 9.87. The quantitative estimate of drug-likeness (QED) is 0.908. The van der Waals surface area contributed by atoms with Crippen LogP contribution in [0.2, 0.25) is 0 Å². The van der Waals surface area contributed by atoms with Gasteiger partial charge in [0, 0.05) is 6.04 Å². The summed E-state index contributed by atoms with van der Waals surface area (Å²) in [6, 6.07) is 1.07. The van der Waals surface area contributed by atoms with Gasteiger partial charge < -0.3 is 5.32 Å². The maximum atomic E-state index is 4.41. The molecule has 0 bridgehead atoms. The molecular formula is C12H19BrN2S. The van der Waals surface area contributed by atoms with Crippen LogP contribution in [0.4, 0.5) is 0 Å². The van der Waals surface area contributed by atoms with Gasteiger partial charge in [0.2, 0.25) is 0 Å². The van der Waals surface area contributed by atoms with Gasteiger partial charge in [0.05, 0.1) is 16.0 Å². The SMILES string of the molecule is CC1CCC(NC(C)c2ncc(Br)s2)CC1. The van der Waals surface area contributed by atoms with Gasteiger partial charge in [-0.05, 0) is 54.5 Å². The molecule has 1 heterocycles. The largest absolute Gasteiger partial charge is 0.305 e. The van der Waals surface area contributed by atoms with Gasteiger partial charge >= 0.3 is 0 Å². The molecule has 0 aliphatic heterocycles. The fourth-order valence-corrected chi connectivity index (χ4v) is 3.57. The van der Waals surface area contributed by atoms with Gasteiger partial charge in [0.25, 0.3) is 0 Å². The molecule has 0 saturated heterocycles. The highest BCUT2D eigenvalue weighted by molar-refractivity contribution is 9.11. The maximum Gasteiger partial charge on any atom is 0.110 e. The van der Waals surface area contributed by atoms with Gasteiger partial charge in [0.15, 0.2) is 0 Å². The number of halogens is 1. The van der Waals surface area contributed by atoms with Gasteiger partial charge in [-0.2, -0.15) is 0 Å². The van der Waals surface area contributed by atoms with E-state index in [2.05, 4.69) is 40.1 Å². The van der Waals surface area contributed by atoms with Crippen molar-refractivity contribution in [1.29, 1.82) is 0 Å². The van der Waals surface area contributed by atoms with Crippen LogP contribution in [-0.2, 0) is 0 Å². The topological polar surface area (TPSA) is 24.9 Å². The van der Waals surface area contributed by atoms with Crippen LogP contribution in [0.3, 0.4) is 0 Å². The van der Waals surface area contributed by atoms with Crippen molar-refractivity contribution in [3.05, 3.63) is 15.0 Å². The van der Waals surface area contributed by atoms with Crippen molar-refractivity contribution >= 4 is 27.3 Å². The Labute approximate surface area is 110 Å². The van der Waals surface area contributed by atoms with Crippen LogP contribution in [0.25, 0.3) is 0 Å². The summed E-state index contributed by atoms with van der Waals surface area (Å²) < 4.78 is 1.12. The number of thiazole rings is 1. The van der Waals surface area contributed by atoms with E-state index in [0.717, 1.165) is 9.70 Å². The second-order valence-electron chi connectivity index (χ2n) is 4.85. The van der Waals surface area contributed by atoms with E-state index in [-0.39, 0.29) is 0 Å². The number of rotatable bonds is 3. The molecule has 90 valence electrons. The zero-order valence-corrected chi connectivity index (χ0v) is 12.3. The minimum atomic E-state index is 0.384. The Morgan fingerprint density at radius 1 is 1.44 bits per heavy atom. The summed E-state index contributed by atoms with van der Waals surface area (Å²) in [5.41, 5.74) is 0. The van der Waals surface area contributed by atoms with Crippen molar-refractivity contribution in [3.8, 4) is 0 Å². The Bertz CT molecular complexity index is 332. The lowest BCUT2D eigenvalue weighted by Crippen LogP contribution is -2.34. The molecule has 1 unspecified atom stereocenters. The Kier molecular flexibility index (Phi) is 4.39. The lowest BCUT2D eigenvalue weighted by molar-refractivity contribution is 0.291. The molecule has 1 aliphatic carbocycles. The fourth-order valence-electron chi connectivity index (χ4n) is 2.32. The molecule has 0 spiro atoms. The number of hydrogen-bond donors (Lipinski definition) is 1. The predicted molar refractivity (Wildman–Crippen MR) is 72.8 cm³/mol. The van der Waals surface area contributed by atoms with E-state index in [4.69, 9.17) is 0 Å². The molecule has 1 aromatic heterocycles. The highest BCUT2D eigenvalue weighted by atomic mass is 79.9. The highest BCUT2D eigenvalue weighted by Crippen LogP contribution is 2.28. The van der Waals surface area contributed by atoms with E-state index < -0.39 is 0 Å². The average Bonchev–Trinajstić information content (AvgIpc) is 2.68. The first-order valence-electron chi connectivity index (χ1n) is 6.02. The molecule has 0 aromatic carbocycles. The molecule has 0 amide bonds. The third-order valence-corrected chi connectivity index (χ3v) is 5.03. The van der Waals surface area contributed by atoms with Crippen molar-refractivity contribution in [2.24, 2.45) is 5.92 Å². The fraction of sp³-hybridized carbons (Fsp3) is 0.750. The van der Waals surface area contributed by atoms with E-state index in [1.54, 1.807) is 11.3 Å². The van der Waals surface area contributed by atoms with Crippen LogP contribution in [0, 0.1) is 5.92 Å². The Balaban J connectivity index is 1.85. The van der Waals surface area contributed by atoms with Crippen LogP contribution in [0.1, 0.15) is 50.6 Å². The smallest absolute Gasteiger partial charge is 0.110 e. The Hall–Kier alpha value is 0.0700. The van der Waals surface area contributed by atoms with Gasteiger partial charge in [-0.3, -0.25) is 0 Å². The van der Waals surface area contributed by atoms with Gasteiger partial charge in [-0.25, -0.2) is 4.98 Å². The first-order chi connectivity index (χ1) is 7.65. The molecule has 1 fully saturated rings. The number of aromatic nitrogens is 1. The van der Waals surface area contributed by atoms with Crippen LogP contribution in [0.15, 0.2) is 9.98 Å². The van der Waals surface area contributed by atoms with Crippen molar-refractivity contribution in [2.75, 3.05) is 0 Å². The average molecular weight is 303 g/mol. The number of nitrogens with zero attached hydrogens (tertiary/aromatic N) is 1. The summed E-state index contributed by atoms with van der Waals surface area (Å²) in [5.74, 6) is 0.919. The van der Waals surface area contributed by atoms with E-state index in [1.807, 2.05) is 6.20 Å². The molecule has 1 atom stereocenters. The van der Waals surface area contributed by atoms with Crippen molar-refractivity contribution < 1.29 is 0 Å². The normalized spacial score (nSPS) is 27.9. The van der Waals surface area contributed by atoms with Gasteiger partial charge in [-0.15, -0.1) is 11.3 Å². The molecular weight excluding hydrogens is 284 g/mol. The zero-order chi connectivity index (χ0) is 11.5. The van der Waals surface area contributed by atoms with Crippen LogP contribution in [0.5, 0.6) is 0 Å². The van der Waals surface area contributed by atoms with Crippen molar-refractivity contribution in [1.82, 2.24) is 10.3 Å². The van der Waals surface area contributed by atoms with E-state index in [0.29, 0.717) is 12.1 Å². The minimum Gasteiger partial charge on any atom is -0.305 e. The molecule has 2 nitrogen and oxygen atoms in total. The molecule has 1 N–H and O–H groups in total. The lowest BCUT2D eigenvalue weighted by Gasteiger charge is -2.29. The zero-order valence-electron chi connectivity index (χ0n) is 9.87. The summed E-state index contributed by atoms with van der Waals surface area (Å²) >= 11 is 5.19. The minimum absolute atomic E-state index is 0.384. The molecule has 1 aliphatic rings. The summed E-state index contributed by atoms with van der Waals surface area (Å²) in [6.07, 6.45) is 7.26. The third kappa shape index (κ3) is 3.28. The van der Waals surface area contributed by atoms with Crippen molar-refractivity contribution in [2.45, 2.75) is 51.6 Å². The summed E-state index contributed by atoms with van der Waals surface area (Å²) in [7, 11) is 0. The van der Waals surface area contributed by atoms with E-state index in [1.165, 1.54) is 30.7 Å². The first-order valence-corrected chi connectivity index (χ1v) is 7.63. The van der Waals surface area contributed by atoms with E-state index >= 15 is 0 Å². The summed E-state index contributed by atoms with van der Waals surface area (Å²) in [4.78, 5) is 4.41. The molecule has 1 aromatic rings. The number of hydrogen-bond acceptors (Lipinski definition) is 3. The molecule has 0 radical (unpaired) electrons. The number of nitrogens with one attached hydrogen (secondary N) is 1. The standard InChI is InChI=1S/C12H19BrN2S/c1-8-3-5-10(6-4-8)15-9(2)12-14-7-11(13)16-12/h7-10,15H,3-6H2,1-2H3. The predicted octanol–water partition coefficient (Wildman–Crippen LogP) is 4.13. The summed E-state index contributed by atoms with van der Waals surface area (Å²) in [5, 5.41) is 4.88. The van der Waals surface area contributed by atoms with Crippen LogP contribution < -0.4 is 5.32 Å². The third-order valence-electron chi connectivity index (χ3n) is 3.37. The monoisotopic (exact) mass is 302 g/mol. The molecule has 4 heteroatoms. The summed E-state index contributed by atoms with van der Waals surface area (Å²) in [6.45, 7) is 4.57. The first kappa shape index (κ1) is 12.5. The van der Waals surface area contributed by atoms with Crippen LogP contribution >= 0.6 is 27.3 Å². The van der Waals surface area contributed by atoms with E-state index in [9.17, 15) is 0 Å². The van der Waals surface area contributed by atoms with Gasteiger partial charge in [0.1, 0.15) is 5.01 Å². The maximum absolute atomic E-state index is 4.41. The molecule has 1 saturated carbocycles. The molecule has 16 heavy (non-hydrogen) atoms. The Morgan fingerprint density at radius 3 is 2.69 bits per heavy atom. The Morgan fingerprint density at radius 2 is 2.12 bits per heavy atom. The second-order valence-corrected chi connectivity index (χ2v) is 7.29. The highest BCUT2D eigenvalue weighted by Gasteiger charge is 2.20. The molecule has 2 rings (SSSR count). The van der Waals surface area contributed by atoms with Gasteiger partial charge in [-0.1, -0.05) is 6.92 Å². The van der Waals surface area contributed by atoms with Crippen molar-refractivity contribution in [3.63, 3.8) is 0 Å². The van der Waals surface area contributed by atoms with Crippen LogP contribution in [-0.4, -0.2) is 11.0 Å².